The fourth-order valence-corrected chi connectivity index (χ4v) is 2.09. The SMILES string of the molecule is C[C@H](Cl)C(=O)N1CCCC[C@H]1[C@@H](C)O. The van der Waals surface area contributed by atoms with Crippen LogP contribution in [0.5, 0.6) is 0 Å². The Morgan fingerprint density at radius 3 is 2.64 bits per heavy atom. The summed E-state index contributed by atoms with van der Waals surface area (Å²) in [4.78, 5) is 13.4. The van der Waals surface area contributed by atoms with Crippen molar-refractivity contribution in [2.75, 3.05) is 6.54 Å². The number of rotatable bonds is 2. The van der Waals surface area contributed by atoms with Gasteiger partial charge in [0, 0.05) is 6.54 Å². The molecule has 0 aromatic rings. The van der Waals surface area contributed by atoms with Crippen LogP contribution in [-0.2, 0) is 4.79 Å². The van der Waals surface area contributed by atoms with Crippen LogP contribution in [0, 0.1) is 0 Å². The fraction of sp³-hybridized carbons (Fsp3) is 0.900. The third-order valence-corrected chi connectivity index (χ3v) is 2.92. The van der Waals surface area contributed by atoms with Gasteiger partial charge in [-0.15, -0.1) is 11.6 Å². The molecule has 0 bridgehead atoms. The summed E-state index contributed by atoms with van der Waals surface area (Å²) in [6.45, 7) is 4.14. The summed E-state index contributed by atoms with van der Waals surface area (Å²) in [6.07, 6.45) is 2.51. The van der Waals surface area contributed by atoms with Gasteiger partial charge in [-0.1, -0.05) is 0 Å². The van der Waals surface area contributed by atoms with E-state index < -0.39 is 11.5 Å². The van der Waals surface area contributed by atoms with Crippen LogP contribution < -0.4 is 0 Å². The number of hydrogen-bond acceptors (Lipinski definition) is 2. The molecule has 1 rings (SSSR count). The largest absolute Gasteiger partial charge is 0.391 e. The van der Waals surface area contributed by atoms with Gasteiger partial charge in [0.25, 0.3) is 0 Å². The summed E-state index contributed by atoms with van der Waals surface area (Å²) in [5.74, 6) is -0.0581. The number of hydrogen-bond donors (Lipinski definition) is 1. The van der Waals surface area contributed by atoms with Crippen molar-refractivity contribution in [2.24, 2.45) is 0 Å². The smallest absolute Gasteiger partial charge is 0.240 e. The lowest BCUT2D eigenvalue weighted by Crippen LogP contribution is -2.50. The molecule has 1 N–H and O–H groups in total. The highest BCUT2D eigenvalue weighted by atomic mass is 35.5. The lowest BCUT2D eigenvalue weighted by molar-refractivity contribution is -0.136. The average Bonchev–Trinajstić information content (AvgIpc) is 2.16. The summed E-state index contributed by atoms with van der Waals surface area (Å²) in [6, 6.07) is -0.0440. The second-order valence-electron chi connectivity index (χ2n) is 3.95. The van der Waals surface area contributed by atoms with Crippen molar-refractivity contribution in [2.45, 2.75) is 50.6 Å². The van der Waals surface area contributed by atoms with Crippen LogP contribution in [-0.4, -0.2) is 40.0 Å². The van der Waals surface area contributed by atoms with Crippen LogP contribution in [0.3, 0.4) is 0 Å². The van der Waals surface area contributed by atoms with E-state index in [2.05, 4.69) is 0 Å². The molecule has 4 heteroatoms. The predicted octanol–water partition coefficient (Wildman–Crippen LogP) is 1.38. The molecule has 0 aliphatic carbocycles. The van der Waals surface area contributed by atoms with Gasteiger partial charge in [-0.05, 0) is 33.1 Å². The molecule has 1 amide bonds. The number of alkyl halides is 1. The predicted molar refractivity (Wildman–Crippen MR) is 56.3 cm³/mol. The maximum Gasteiger partial charge on any atom is 0.240 e. The van der Waals surface area contributed by atoms with Crippen LogP contribution in [0.25, 0.3) is 0 Å². The van der Waals surface area contributed by atoms with Crippen molar-refractivity contribution < 1.29 is 9.90 Å². The summed E-state index contributed by atoms with van der Waals surface area (Å²) in [5, 5.41) is 9.05. The Hall–Kier alpha value is -0.280. The number of halogens is 1. The monoisotopic (exact) mass is 219 g/mol. The number of likely N-dealkylation sites (tertiary alicyclic amines) is 1. The minimum absolute atomic E-state index is 0.0440. The first-order valence-corrected chi connectivity index (χ1v) is 5.60. The second-order valence-corrected chi connectivity index (χ2v) is 4.61. The maximum atomic E-state index is 11.7. The molecule has 1 saturated heterocycles. The van der Waals surface area contributed by atoms with Crippen LogP contribution in [0.1, 0.15) is 33.1 Å². The molecule has 0 unspecified atom stereocenters. The van der Waals surface area contributed by atoms with Crippen LogP contribution in [0.2, 0.25) is 0 Å². The topological polar surface area (TPSA) is 40.5 Å². The standard InChI is InChI=1S/C10H18ClNO2/c1-7(11)10(14)12-6-4-3-5-9(12)8(2)13/h7-9,13H,3-6H2,1-2H3/t7-,8+,9-/m0/s1. The normalized spacial score (nSPS) is 27.1. The Kier molecular flexibility index (Phi) is 4.20. The van der Waals surface area contributed by atoms with Gasteiger partial charge < -0.3 is 10.0 Å². The van der Waals surface area contributed by atoms with E-state index in [1.807, 2.05) is 0 Å². The van der Waals surface area contributed by atoms with Gasteiger partial charge in [0.1, 0.15) is 5.38 Å². The van der Waals surface area contributed by atoms with E-state index >= 15 is 0 Å². The number of nitrogens with zero attached hydrogens (tertiary/aromatic N) is 1. The van der Waals surface area contributed by atoms with E-state index in [9.17, 15) is 9.90 Å². The first-order chi connectivity index (χ1) is 6.54. The zero-order valence-electron chi connectivity index (χ0n) is 8.74. The van der Waals surface area contributed by atoms with E-state index in [1.54, 1.807) is 18.7 Å². The lowest BCUT2D eigenvalue weighted by Gasteiger charge is -2.38. The third-order valence-electron chi connectivity index (χ3n) is 2.73. The summed E-state index contributed by atoms with van der Waals surface area (Å²) in [5.41, 5.74) is 0. The molecule has 0 saturated carbocycles. The molecular weight excluding hydrogens is 202 g/mol. The first kappa shape index (κ1) is 11.8. The molecule has 1 heterocycles. The van der Waals surface area contributed by atoms with Gasteiger partial charge in [-0.25, -0.2) is 0 Å². The Bertz CT molecular complexity index is 206. The van der Waals surface area contributed by atoms with E-state index in [4.69, 9.17) is 11.6 Å². The second kappa shape index (κ2) is 4.99. The molecule has 0 radical (unpaired) electrons. The number of piperidine rings is 1. The third kappa shape index (κ3) is 2.61. The Morgan fingerprint density at radius 1 is 1.50 bits per heavy atom. The summed E-state index contributed by atoms with van der Waals surface area (Å²) in [7, 11) is 0. The van der Waals surface area contributed by atoms with Crippen molar-refractivity contribution in [3.05, 3.63) is 0 Å². The zero-order chi connectivity index (χ0) is 10.7. The number of amides is 1. The summed E-state index contributed by atoms with van der Waals surface area (Å²) >= 11 is 5.76. The van der Waals surface area contributed by atoms with Gasteiger partial charge >= 0.3 is 0 Å². The first-order valence-electron chi connectivity index (χ1n) is 5.16. The van der Waals surface area contributed by atoms with Crippen molar-refractivity contribution in [3.8, 4) is 0 Å². The van der Waals surface area contributed by atoms with Gasteiger partial charge in [0.2, 0.25) is 5.91 Å². The van der Waals surface area contributed by atoms with E-state index in [-0.39, 0.29) is 11.9 Å². The molecule has 0 aromatic heterocycles. The van der Waals surface area contributed by atoms with Gasteiger partial charge in [-0.3, -0.25) is 4.79 Å². The quantitative estimate of drug-likeness (QED) is 0.713. The Morgan fingerprint density at radius 2 is 2.14 bits per heavy atom. The van der Waals surface area contributed by atoms with Gasteiger partial charge in [0.05, 0.1) is 12.1 Å². The highest BCUT2D eigenvalue weighted by Crippen LogP contribution is 2.21. The van der Waals surface area contributed by atoms with Crippen LogP contribution >= 0.6 is 11.6 Å². The molecule has 14 heavy (non-hydrogen) atoms. The van der Waals surface area contributed by atoms with Crippen LogP contribution in [0.15, 0.2) is 0 Å². The van der Waals surface area contributed by atoms with Gasteiger partial charge in [0.15, 0.2) is 0 Å². The van der Waals surface area contributed by atoms with Crippen molar-refractivity contribution in [3.63, 3.8) is 0 Å². The summed E-state index contributed by atoms with van der Waals surface area (Å²) < 4.78 is 0. The minimum Gasteiger partial charge on any atom is -0.391 e. The Labute approximate surface area is 90.0 Å². The number of carbonyl (C=O) groups is 1. The number of aliphatic hydroxyl groups excluding tert-OH is 1. The molecule has 1 aliphatic heterocycles. The molecule has 82 valence electrons. The molecule has 3 nitrogen and oxygen atoms in total. The average molecular weight is 220 g/mol. The Balaban J connectivity index is 2.67. The molecule has 0 aromatic carbocycles. The minimum atomic E-state index is -0.491. The van der Waals surface area contributed by atoms with Crippen LogP contribution in [0.4, 0.5) is 0 Å². The molecule has 0 spiro atoms. The number of carbonyl (C=O) groups excluding carboxylic acids is 1. The van der Waals surface area contributed by atoms with Gasteiger partial charge in [-0.2, -0.15) is 0 Å². The fourth-order valence-electron chi connectivity index (χ4n) is 1.96. The van der Waals surface area contributed by atoms with Crippen molar-refractivity contribution in [1.82, 2.24) is 4.90 Å². The molecular formula is C10H18ClNO2. The highest BCUT2D eigenvalue weighted by Gasteiger charge is 2.31. The highest BCUT2D eigenvalue weighted by molar-refractivity contribution is 6.30. The van der Waals surface area contributed by atoms with Crippen molar-refractivity contribution >= 4 is 17.5 Å². The molecule has 1 fully saturated rings. The molecule has 1 aliphatic rings. The van der Waals surface area contributed by atoms with Crippen molar-refractivity contribution in [1.29, 1.82) is 0 Å². The molecule has 3 atom stereocenters. The maximum absolute atomic E-state index is 11.7. The van der Waals surface area contributed by atoms with E-state index in [0.717, 1.165) is 25.8 Å². The lowest BCUT2D eigenvalue weighted by atomic mass is 9.98. The van der Waals surface area contributed by atoms with E-state index in [1.165, 1.54) is 0 Å². The van der Waals surface area contributed by atoms with E-state index in [0.29, 0.717) is 0 Å². The zero-order valence-corrected chi connectivity index (χ0v) is 9.50. The number of aliphatic hydroxyl groups is 1.